The third-order valence-electron chi connectivity index (χ3n) is 5.70. The van der Waals surface area contributed by atoms with Crippen molar-refractivity contribution < 1.29 is 22.7 Å². The van der Waals surface area contributed by atoms with E-state index in [0.29, 0.717) is 0 Å². The molecule has 2 atom stereocenters. The van der Waals surface area contributed by atoms with Crippen LogP contribution in [0.5, 0.6) is 0 Å². The Morgan fingerprint density at radius 3 is 1.97 bits per heavy atom. The summed E-state index contributed by atoms with van der Waals surface area (Å²) in [6.07, 6.45) is -1.84. The molecule has 6 nitrogen and oxygen atoms in total. The highest BCUT2D eigenvalue weighted by Crippen LogP contribution is 2.37. The van der Waals surface area contributed by atoms with Crippen molar-refractivity contribution in [2.24, 2.45) is 16.2 Å². The first kappa shape index (κ1) is 24.4. The molecule has 9 heteroatoms. The first-order valence-electron chi connectivity index (χ1n) is 10.6. The normalized spacial score (nSPS) is 20.5. The molecule has 1 fully saturated rings. The molecule has 0 aromatic heterocycles. The number of halogens is 2. The molecule has 0 saturated carbocycles. The number of hydrogen-bond donors (Lipinski definition) is 1. The lowest BCUT2D eigenvalue weighted by molar-refractivity contribution is -0.215. The zero-order valence-electron chi connectivity index (χ0n) is 18.7. The predicted octanol–water partition coefficient (Wildman–Crippen LogP) is 3.31. The Bertz CT molecular complexity index is 832. The number of benzene rings is 2. The van der Waals surface area contributed by atoms with Crippen molar-refractivity contribution in [2.75, 3.05) is 26.4 Å². The Labute approximate surface area is 188 Å². The summed E-state index contributed by atoms with van der Waals surface area (Å²) in [6, 6.07) is 20.4. The van der Waals surface area contributed by atoms with Gasteiger partial charge in [-0.1, -0.05) is 86.7 Å². The maximum atomic E-state index is 14.2. The van der Waals surface area contributed by atoms with Gasteiger partial charge in [0, 0.05) is 0 Å². The van der Waals surface area contributed by atoms with E-state index in [2.05, 4.69) is 55.4 Å². The summed E-state index contributed by atoms with van der Waals surface area (Å²) >= 11 is 0. The lowest BCUT2D eigenvalue weighted by Crippen LogP contribution is -2.67. The molecule has 2 aromatic carbocycles. The zero-order valence-corrected chi connectivity index (χ0v) is 19.7. The molecule has 0 amide bonds. The lowest BCUT2D eigenvalue weighted by atomic mass is 10.2. The maximum Gasteiger partial charge on any atom is 0.296 e. The third-order valence-corrected chi connectivity index (χ3v) is 10.7. The highest BCUT2D eigenvalue weighted by molar-refractivity contribution is 6.99. The Morgan fingerprint density at radius 1 is 0.969 bits per heavy atom. The van der Waals surface area contributed by atoms with Crippen LogP contribution in [0.3, 0.4) is 0 Å². The van der Waals surface area contributed by atoms with E-state index < -0.39 is 33.0 Å². The van der Waals surface area contributed by atoms with E-state index in [0.717, 1.165) is 10.4 Å². The number of alkyl halides is 2. The molecular formula is C23H31F2N3O3Si. The topological polar surface area (TPSA) is 78.4 Å². The minimum atomic E-state index is -3.20. The first-order valence-corrected chi connectivity index (χ1v) is 12.5. The summed E-state index contributed by atoms with van der Waals surface area (Å²) in [4.78, 5) is 0. The van der Waals surface area contributed by atoms with Gasteiger partial charge in [0.2, 0.25) is 0 Å². The number of rotatable bonds is 8. The molecule has 1 aliphatic rings. The Morgan fingerprint density at radius 2 is 1.53 bits per heavy atom. The molecule has 0 aliphatic carbocycles. The second-order valence-electron chi connectivity index (χ2n) is 8.93. The molecule has 3 rings (SSSR count). The summed E-state index contributed by atoms with van der Waals surface area (Å²) in [6.45, 7) is 5.72. The van der Waals surface area contributed by atoms with Gasteiger partial charge < -0.3 is 19.7 Å². The van der Waals surface area contributed by atoms with Crippen LogP contribution in [0.4, 0.5) is 8.78 Å². The highest BCUT2D eigenvalue weighted by atomic mass is 28.4. The molecule has 2 aromatic rings. The average Bonchev–Trinajstić information content (AvgIpc) is 2.79. The molecule has 1 saturated heterocycles. The van der Waals surface area contributed by atoms with Gasteiger partial charge in [0.1, 0.15) is 18.8 Å². The van der Waals surface area contributed by atoms with E-state index in [1.807, 2.05) is 36.4 Å². The SMILES string of the molecule is CC(C)(C)[Si](OCC1COC(C(F)(F)CN=NN)CO1)(c1ccccc1)c1ccccc1. The molecule has 0 radical (unpaired) electrons. The van der Waals surface area contributed by atoms with E-state index >= 15 is 0 Å². The zero-order chi connectivity index (χ0) is 23.2. The maximum absolute atomic E-state index is 14.2. The van der Waals surface area contributed by atoms with E-state index in [-0.39, 0.29) is 24.9 Å². The first-order chi connectivity index (χ1) is 15.2. The van der Waals surface area contributed by atoms with E-state index in [1.54, 1.807) is 0 Å². The summed E-state index contributed by atoms with van der Waals surface area (Å²) in [5.41, 5.74) is 0. The van der Waals surface area contributed by atoms with Gasteiger partial charge in [-0.3, -0.25) is 0 Å². The van der Waals surface area contributed by atoms with Crippen molar-refractivity contribution in [3.8, 4) is 0 Å². The van der Waals surface area contributed by atoms with E-state index in [4.69, 9.17) is 19.7 Å². The quantitative estimate of drug-likeness (QED) is 0.282. The van der Waals surface area contributed by atoms with Crippen LogP contribution in [0.2, 0.25) is 5.04 Å². The van der Waals surface area contributed by atoms with Crippen LogP contribution in [0.15, 0.2) is 71.0 Å². The molecule has 2 N–H and O–H groups in total. The van der Waals surface area contributed by atoms with Crippen LogP contribution in [0, 0.1) is 0 Å². The minimum absolute atomic E-state index is 0.0121. The fraction of sp³-hybridized carbons (Fsp3) is 0.478. The minimum Gasteiger partial charge on any atom is -0.405 e. The average molecular weight is 464 g/mol. The van der Waals surface area contributed by atoms with Crippen LogP contribution in [-0.4, -0.2) is 52.8 Å². The molecule has 32 heavy (non-hydrogen) atoms. The van der Waals surface area contributed by atoms with Crippen LogP contribution in [-0.2, 0) is 13.9 Å². The summed E-state index contributed by atoms with van der Waals surface area (Å²) in [5, 5.41) is 8.20. The number of hydrogen-bond acceptors (Lipinski definition) is 5. The Kier molecular flexibility index (Phi) is 7.76. The van der Waals surface area contributed by atoms with Gasteiger partial charge >= 0.3 is 0 Å². The van der Waals surface area contributed by atoms with E-state index in [1.165, 1.54) is 0 Å². The molecule has 1 heterocycles. The molecule has 0 bridgehead atoms. The van der Waals surface area contributed by atoms with Crippen LogP contribution < -0.4 is 16.2 Å². The smallest absolute Gasteiger partial charge is 0.296 e. The lowest BCUT2D eigenvalue weighted by Gasteiger charge is -2.44. The van der Waals surface area contributed by atoms with Crippen molar-refractivity contribution in [1.29, 1.82) is 0 Å². The molecule has 0 spiro atoms. The molecule has 2 unspecified atom stereocenters. The van der Waals surface area contributed by atoms with Crippen molar-refractivity contribution in [3.05, 3.63) is 60.7 Å². The van der Waals surface area contributed by atoms with Gasteiger partial charge in [-0.15, -0.1) is 0 Å². The summed E-state index contributed by atoms with van der Waals surface area (Å²) in [7, 11) is -2.73. The van der Waals surface area contributed by atoms with Crippen molar-refractivity contribution in [1.82, 2.24) is 0 Å². The second-order valence-corrected chi connectivity index (χ2v) is 13.2. The van der Waals surface area contributed by atoms with Crippen molar-refractivity contribution >= 4 is 18.7 Å². The van der Waals surface area contributed by atoms with Gasteiger partial charge in [0.25, 0.3) is 14.2 Å². The fourth-order valence-electron chi connectivity index (χ4n) is 4.10. The molecule has 174 valence electrons. The highest BCUT2D eigenvalue weighted by Gasteiger charge is 2.51. The molecule has 1 aliphatic heterocycles. The summed E-state index contributed by atoms with van der Waals surface area (Å²) < 4.78 is 46.3. The van der Waals surface area contributed by atoms with Crippen LogP contribution in [0.1, 0.15) is 20.8 Å². The third kappa shape index (κ3) is 5.23. The van der Waals surface area contributed by atoms with Crippen LogP contribution >= 0.6 is 0 Å². The monoisotopic (exact) mass is 463 g/mol. The predicted molar refractivity (Wildman–Crippen MR) is 122 cm³/mol. The fourth-order valence-corrected chi connectivity index (χ4v) is 8.69. The number of nitrogens with two attached hydrogens (primary N) is 1. The van der Waals surface area contributed by atoms with Gasteiger partial charge in [-0.05, 0) is 15.4 Å². The van der Waals surface area contributed by atoms with Gasteiger partial charge in [-0.25, -0.2) is 8.78 Å². The standard InChI is InChI=1S/C23H31F2N3O3Si/c1-22(2,3)32(19-10-6-4-7-11-19,20-12-8-5-9-13-20)31-15-18-14-30-21(16-29-18)23(24,25)17-27-28-26/h4-13,18,21H,14-17H2,1-3H3,(H2,26,27). The largest absolute Gasteiger partial charge is 0.405 e. The van der Waals surface area contributed by atoms with E-state index in [9.17, 15) is 8.78 Å². The van der Waals surface area contributed by atoms with Gasteiger partial charge in [-0.2, -0.15) is 5.11 Å². The number of ether oxygens (including phenoxy) is 2. The van der Waals surface area contributed by atoms with Crippen LogP contribution in [0.25, 0.3) is 0 Å². The molecular weight excluding hydrogens is 432 g/mol. The Balaban J connectivity index is 1.79. The van der Waals surface area contributed by atoms with Gasteiger partial charge in [0.05, 0.1) is 19.8 Å². The van der Waals surface area contributed by atoms with Gasteiger partial charge in [0.15, 0.2) is 0 Å². The summed E-state index contributed by atoms with van der Waals surface area (Å²) in [5.74, 6) is 1.64. The van der Waals surface area contributed by atoms with Crippen molar-refractivity contribution in [2.45, 2.75) is 43.9 Å². The number of nitrogens with zero attached hydrogens (tertiary/aromatic N) is 2. The second kappa shape index (κ2) is 10.2. The Hall–Kier alpha value is -2.20. The van der Waals surface area contributed by atoms with Crippen molar-refractivity contribution in [3.63, 3.8) is 0 Å².